The molecule has 0 aliphatic carbocycles. The van der Waals surface area contributed by atoms with E-state index in [1.165, 1.54) is 78.6 Å². The van der Waals surface area contributed by atoms with E-state index in [9.17, 15) is 0 Å². The van der Waals surface area contributed by atoms with Crippen molar-refractivity contribution >= 4 is 59.0 Å². The Bertz CT molecular complexity index is 1280. The van der Waals surface area contributed by atoms with Crippen LogP contribution in [0.1, 0.15) is 13.3 Å². The summed E-state index contributed by atoms with van der Waals surface area (Å²) in [5.41, 5.74) is 0. The molecule has 6 aromatic carbocycles. The Morgan fingerprint density at radius 1 is 0.588 bits per heavy atom. The third-order valence-electron chi connectivity index (χ3n) is 5.52. The molecule has 0 spiro atoms. The molecule has 172 valence electrons. The molecule has 0 nitrogen and oxygen atoms in total. The Morgan fingerprint density at radius 3 is 1.06 bits per heavy atom. The maximum atomic E-state index is 5.74. The van der Waals surface area contributed by atoms with Gasteiger partial charge in [0.2, 0.25) is 0 Å². The Hall–Kier alpha value is -1.42. The molecule has 0 saturated heterocycles. The van der Waals surface area contributed by atoms with Gasteiger partial charge in [0.05, 0.1) is 0 Å². The Kier molecular flexibility index (Phi) is 12.0. The standard InChI is InChI=1S/2C13H9.C3H7ClSi.2ClH.Hf/c2*1-3-7-12-10(5-1)9-11-6-2-4-8-13(11)12;1-2-3-5-4;;;/h2*1-9H;2-3H2,1H3;2*1H;/q2*-1;;;;+2/p-2. The van der Waals surface area contributed by atoms with Gasteiger partial charge in [-0.15, -0.1) is 79.5 Å². The van der Waals surface area contributed by atoms with Gasteiger partial charge < -0.3 is 24.8 Å². The van der Waals surface area contributed by atoms with E-state index in [2.05, 4.69) is 116 Å². The quantitative estimate of drug-likeness (QED) is 0.149. The minimum Gasteiger partial charge on any atom is -1.00 e. The van der Waals surface area contributed by atoms with Gasteiger partial charge in [0.25, 0.3) is 0 Å². The van der Waals surface area contributed by atoms with Gasteiger partial charge in [-0.3, -0.25) is 0 Å². The summed E-state index contributed by atoms with van der Waals surface area (Å²) < 4.78 is 0. The Morgan fingerprint density at radius 2 is 0.853 bits per heavy atom. The first-order chi connectivity index (χ1) is 15.7. The van der Waals surface area contributed by atoms with E-state index in [1.54, 1.807) is 0 Å². The Labute approximate surface area is 233 Å². The SMILES string of the molecule is CCC[Si](Cl)=[Hf+2].[Cl-].[Cl-].c1ccc2c(c1)[cH-]c1ccccc12.c1ccc2c(c1)[cH-]c1ccccc12. The van der Waals surface area contributed by atoms with Crippen LogP contribution in [0.3, 0.4) is 0 Å². The summed E-state index contributed by atoms with van der Waals surface area (Å²) in [7, 11) is 0. The maximum Gasteiger partial charge on any atom is -0.0771 e. The number of fused-ring (bicyclic) bond motifs is 6. The fraction of sp³-hybridized carbons (Fsp3) is 0.103. The third-order valence-corrected chi connectivity index (χ3v) is 9.72. The van der Waals surface area contributed by atoms with Crippen LogP contribution in [0.5, 0.6) is 0 Å². The molecule has 0 aliphatic rings. The molecular weight excluding hydrogens is 661 g/mol. The first kappa shape index (κ1) is 28.8. The summed E-state index contributed by atoms with van der Waals surface area (Å²) in [4.78, 5) is -0.274. The summed E-state index contributed by atoms with van der Waals surface area (Å²) in [5, 5.41) is 10.8. The first-order valence-electron chi connectivity index (χ1n) is 11.0. The zero-order valence-electron chi connectivity index (χ0n) is 18.9. The Balaban J connectivity index is 0.000000187. The van der Waals surface area contributed by atoms with E-state index in [0.29, 0.717) is 0 Å². The monoisotopic (exact) mass is 686 g/mol. The molecule has 6 aromatic rings. The number of benzene rings is 4. The van der Waals surface area contributed by atoms with Gasteiger partial charge in [-0.2, -0.15) is 0 Å². The van der Waals surface area contributed by atoms with Crippen molar-refractivity contribution in [1.29, 1.82) is 0 Å². The second-order valence-corrected chi connectivity index (χ2v) is 20.4. The molecule has 5 heteroatoms. The van der Waals surface area contributed by atoms with E-state index in [1.807, 2.05) is 0 Å². The molecule has 0 radical (unpaired) electrons. The minimum atomic E-state index is -0.274. The van der Waals surface area contributed by atoms with Gasteiger partial charge >= 0.3 is 58.3 Å². The fourth-order valence-corrected chi connectivity index (χ4v) is 7.73. The van der Waals surface area contributed by atoms with E-state index in [0.717, 1.165) is 0 Å². The largest absolute Gasteiger partial charge is 1.00 e. The molecule has 0 N–H and O–H groups in total. The van der Waals surface area contributed by atoms with E-state index in [4.69, 9.17) is 11.1 Å². The average Bonchev–Trinajstić information content (AvgIpc) is 3.38. The summed E-state index contributed by atoms with van der Waals surface area (Å²) in [6.07, 6.45) is 1.28. The topological polar surface area (TPSA) is 0 Å². The van der Waals surface area contributed by atoms with E-state index >= 15 is 0 Å². The number of halogens is 3. The zero-order valence-corrected chi connectivity index (χ0v) is 25.8. The summed E-state index contributed by atoms with van der Waals surface area (Å²) >= 11 is 6.99. The predicted octanol–water partition coefficient (Wildman–Crippen LogP) is 3.10. The van der Waals surface area contributed by atoms with Gasteiger partial charge in [-0.1, -0.05) is 72.8 Å². The average molecular weight is 686 g/mol. The maximum absolute atomic E-state index is 5.74. The molecular formula is C29H25Cl3HfSi-2. The normalized spacial score (nSPS) is 10.0. The molecule has 0 bridgehead atoms. The van der Waals surface area contributed by atoms with E-state index in [-0.39, 0.29) is 29.6 Å². The van der Waals surface area contributed by atoms with Gasteiger partial charge in [-0.05, 0) is 0 Å². The molecule has 34 heavy (non-hydrogen) atoms. The van der Waals surface area contributed by atoms with Crippen LogP contribution in [-0.2, 0) is 23.0 Å². The van der Waals surface area contributed by atoms with Crippen LogP contribution in [0.2, 0.25) is 6.04 Å². The summed E-state index contributed by atoms with van der Waals surface area (Å²) in [5.74, 6) is 0. The van der Waals surface area contributed by atoms with Gasteiger partial charge in [0.1, 0.15) is 0 Å². The zero-order chi connectivity index (χ0) is 22.3. The van der Waals surface area contributed by atoms with Gasteiger partial charge in [0, 0.05) is 0 Å². The second-order valence-electron chi connectivity index (χ2n) is 7.79. The molecule has 0 unspecified atom stereocenters. The summed E-state index contributed by atoms with van der Waals surface area (Å²) in [6.45, 7) is 2.19. The number of hydrogen-bond donors (Lipinski definition) is 0. The van der Waals surface area contributed by atoms with Crippen LogP contribution >= 0.6 is 11.1 Å². The van der Waals surface area contributed by atoms with Crippen LogP contribution in [-0.4, -0.2) is 4.80 Å². The first-order valence-corrected chi connectivity index (χ1v) is 19.1. The smallest absolute Gasteiger partial charge is 0.0771 e. The summed E-state index contributed by atoms with van der Waals surface area (Å²) in [6, 6.07) is 39.9. The van der Waals surface area contributed by atoms with Crippen molar-refractivity contribution in [2.75, 3.05) is 0 Å². The van der Waals surface area contributed by atoms with Crippen LogP contribution < -0.4 is 24.8 Å². The second kappa shape index (κ2) is 14.2. The third kappa shape index (κ3) is 7.05. The fourth-order valence-electron chi connectivity index (χ4n) is 4.03. The molecule has 6 rings (SSSR count). The molecule has 0 aliphatic heterocycles. The molecule has 0 heterocycles. The van der Waals surface area contributed by atoms with Crippen molar-refractivity contribution in [3.8, 4) is 0 Å². The molecule has 0 saturated carbocycles. The van der Waals surface area contributed by atoms with Crippen molar-refractivity contribution in [2.24, 2.45) is 0 Å². The van der Waals surface area contributed by atoms with Crippen LogP contribution in [0.15, 0.2) is 109 Å². The van der Waals surface area contributed by atoms with Crippen molar-refractivity contribution in [2.45, 2.75) is 19.4 Å². The minimum absolute atomic E-state index is 0. The number of rotatable bonds is 2. The van der Waals surface area contributed by atoms with Crippen molar-refractivity contribution < 1.29 is 47.8 Å². The van der Waals surface area contributed by atoms with E-state index < -0.39 is 0 Å². The van der Waals surface area contributed by atoms with Gasteiger partial charge in [0.15, 0.2) is 0 Å². The van der Waals surface area contributed by atoms with Crippen LogP contribution in [0.25, 0.3) is 43.1 Å². The van der Waals surface area contributed by atoms with Gasteiger partial charge in [-0.25, -0.2) is 0 Å². The van der Waals surface area contributed by atoms with Crippen molar-refractivity contribution in [3.05, 3.63) is 109 Å². The molecule has 0 amide bonds. The molecule has 0 fully saturated rings. The van der Waals surface area contributed by atoms with Crippen LogP contribution in [0, 0.1) is 0 Å². The van der Waals surface area contributed by atoms with Crippen molar-refractivity contribution in [3.63, 3.8) is 0 Å². The van der Waals surface area contributed by atoms with Crippen molar-refractivity contribution in [1.82, 2.24) is 0 Å². The number of hydrogen-bond acceptors (Lipinski definition) is 0. The molecule has 0 atom stereocenters. The van der Waals surface area contributed by atoms with Crippen LogP contribution in [0.4, 0.5) is 0 Å². The predicted molar refractivity (Wildman–Crippen MR) is 141 cm³/mol. The molecule has 0 aromatic heterocycles.